The highest BCUT2D eigenvalue weighted by atomic mass is 16.2. The van der Waals surface area contributed by atoms with Gasteiger partial charge in [0, 0.05) is 36.7 Å². The van der Waals surface area contributed by atoms with Crippen molar-refractivity contribution in [2.24, 2.45) is 0 Å². The molecule has 0 saturated carbocycles. The Bertz CT molecular complexity index is 1280. The Morgan fingerprint density at radius 2 is 1.73 bits per heavy atom. The minimum absolute atomic E-state index is 0.0496. The van der Waals surface area contributed by atoms with Gasteiger partial charge in [-0.05, 0) is 55.2 Å². The Morgan fingerprint density at radius 3 is 2.48 bits per heavy atom. The number of fused-ring (bicyclic) bond motifs is 1. The van der Waals surface area contributed by atoms with E-state index < -0.39 is 0 Å². The Morgan fingerprint density at radius 1 is 0.909 bits per heavy atom. The summed E-state index contributed by atoms with van der Waals surface area (Å²) in [6, 6.07) is 17.2. The molecule has 1 fully saturated rings. The van der Waals surface area contributed by atoms with Crippen molar-refractivity contribution in [2.75, 3.05) is 18.4 Å². The summed E-state index contributed by atoms with van der Waals surface area (Å²) in [4.78, 5) is 31.3. The normalized spacial score (nSPS) is 13.8. The monoisotopic (exact) mass is 439 g/mol. The van der Waals surface area contributed by atoms with Crippen LogP contribution in [0.3, 0.4) is 0 Å². The lowest BCUT2D eigenvalue weighted by molar-refractivity contribution is -0.115. The molecule has 1 aliphatic heterocycles. The molecule has 1 saturated heterocycles. The lowest BCUT2D eigenvalue weighted by Crippen LogP contribution is -2.35. The van der Waals surface area contributed by atoms with Gasteiger partial charge in [0.05, 0.1) is 29.4 Å². The second kappa shape index (κ2) is 9.24. The third-order valence-electron chi connectivity index (χ3n) is 5.97. The largest absolute Gasteiger partial charge is 0.339 e. The lowest BCUT2D eigenvalue weighted by Gasteiger charge is -2.26. The zero-order valence-electron chi connectivity index (χ0n) is 18.3. The highest BCUT2D eigenvalue weighted by Gasteiger charge is 2.22. The van der Waals surface area contributed by atoms with E-state index in [1.807, 2.05) is 64.0 Å². The van der Waals surface area contributed by atoms with E-state index in [1.165, 1.54) is 6.42 Å². The third kappa shape index (κ3) is 4.48. The molecule has 166 valence electrons. The van der Waals surface area contributed by atoms with E-state index in [2.05, 4.69) is 15.4 Å². The third-order valence-corrected chi connectivity index (χ3v) is 5.97. The molecule has 0 radical (unpaired) electrons. The molecular weight excluding hydrogens is 414 g/mol. The molecule has 0 atom stereocenters. The maximum atomic E-state index is 13.0. The number of hydrogen-bond donors (Lipinski definition) is 1. The van der Waals surface area contributed by atoms with Crippen LogP contribution >= 0.6 is 0 Å². The second-order valence-electron chi connectivity index (χ2n) is 8.28. The molecule has 0 aliphatic carbocycles. The number of benzene rings is 1. The topological polar surface area (TPSA) is 79.6 Å². The minimum atomic E-state index is -0.0919. The second-order valence-corrected chi connectivity index (χ2v) is 8.28. The molecule has 1 aromatic carbocycles. The molecule has 4 heterocycles. The van der Waals surface area contributed by atoms with Crippen LogP contribution in [0.4, 0.5) is 5.69 Å². The first-order valence-corrected chi connectivity index (χ1v) is 11.2. The van der Waals surface area contributed by atoms with Gasteiger partial charge in [-0.2, -0.15) is 5.10 Å². The number of pyridine rings is 2. The quantitative estimate of drug-likeness (QED) is 0.505. The van der Waals surface area contributed by atoms with Gasteiger partial charge in [-0.3, -0.25) is 14.6 Å². The molecule has 4 aromatic rings. The standard InChI is InChI=1S/C26H25N5O2/c32-25(16-19-6-5-13-27-17-19)29-21-11-9-20(10-12-21)23-7-4-8-24-22(18-28-31(23)24)26(33)30-14-2-1-3-15-30/h4-13,17-18H,1-3,14-16H2,(H,29,32). The molecule has 0 bridgehead atoms. The van der Waals surface area contributed by atoms with E-state index in [0.29, 0.717) is 5.56 Å². The van der Waals surface area contributed by atoms with Crippen LogP contribution in [-0.4, -0.2) is 44.4 Å². The fourth-order valence-corrected chi connectivity index (χ4v) is 4.28. The number of carbonyl (C=O) groups excluding carboxylic acids is 2. The van der Waals surface area contributed by atoms with Crippen molar-refractivity contribution in [3.05, 3.63) is 84.3 Å². The van der Waals surface area contributed by atoms with Crippen molar-refractivity contribution < 1.29 is 9.59 Å². The van der Waals surface area contributed by atoms with Crippen LogP contribution in [0.1, 0.15) is 35.2 Å². The number of aromatic nitrogens is 3. The molecule has 1 aliphatic rings. The molecule has 0 unspecified atom stereocenters. The number of carbonyl (C=O) groups is 2. The fourth-order valence-electron chi connectivity index (χ4n) is 4.28. The van der Waals surface area contributed by atoms with Crippen molar-refractivity contribution in [3.63, 3.8) is 0 Å². The van der Waals surface area contributed by atoms with Crippen LogP contribution < -0.4 is 5.32 Å². The molecule has 5 rings (SSSR count). The maximum absolute atomic E-state index is 13.0. The van der Waals surface area contributed by atoms with Gasteiger partial charge in [-0.25, -0.2) is 4.52 Å². The number of amides is 2. The smallest absolute Gasteiger partial charge is 0.257 e. The first-order valence-electron chi connectivity index (χ1n) is 11.2. The zero-order chi connectivity index (χ0) is 22.6. The predicted octanol–water partition coefficient (Wildman–Crippen LogP) is 4.20. The first-order chi connectivity index (χ1) is 16.2. The fraction of sp³-hybridized carbons (Fsp3) is 0.231. The molecule has 7 nitrogen and oxygen atoms in total. The van der Waals surface area contributed by atoms with Crippen molar-refractivity contribution in [1.82, 2.24) is 19.5 Å². The Balaban J connectivity index is 1.34. The van der Waals surface area contributed by atoms with Gasteiger partial charge in [0.15, 0.2) is 0 Å². The van der Waals surface area contributed by atoms with Gasteiger partial charge < -0.3 is 10.2 Å². The number of anilines is 1. The molecule has 3 aromatic heterocycles. The predicted molar refractivity (Wildman–Crippen MR) is 127 cm³/mol. The average Bonchev–Trinajstić information content (AvgIpc) is 3.29. The van der Waals surface area contributed by atoms with E-state index in [4.69, 9.17) is 0 Å². The molecule has 7 heteroatoms. The summed E-state index contributed by atoms with van der Waals surface area (Å²) < 4.78 is 1.81. The highest BCUT2D eigenvalue weighted by Crippen LogP contribution is 2.25. The Hall–Kier alpha value is -4.00. The summed E-state index contributed by atoms with van der Waals surface area (Å²) in [6.45, 7) is 1.62. The first kappa shape index (κ1) is 20.9. The van der Waals surface area contributed by atoms with Crippen LogP contribution in [0.5, 0.6) is 0 Å². The van der Waals surface area contributed by atoms with Crippen molar-refractivity contribution in [3.8, 4) is 11.3 Å². The van der Waals surface area contributed by atoms with E-state index in [1.54, 1.807) is 18.6 Å². The van der Waals surface area contributed by atoms with Gasteiger partial charge in [-0.1, -0.05) is 24.3 Å². The minimum Gasteiger partial charge on any atom is -0.339 e. The van der Waals surface area contributed by atoms with Gasteiger partial charge in [0.25, 0.3) is 5.91 Å². The number of likely N-dealkylation sites (tertiary alicyclic amines) is 1. The molecule has 2 amide bonds. The summed E-state index contributed by atoms with van der Waals surface area (Å²) in [6.07, 6.45) is 8.62. The maximum Gasteiger partial charge on any atom is 0.257 e. The number of hydrogen-bond acceptors (Lipinski definition) is 4. The van der Waals surface area contributed by atoms with Crippen LogP contribution in [-0.2, 0) is 11.2 Å². The summed E-state index contributed by atoms with van der Waals surface area (Å²) in [5.74, 6) is -0.0423. The van der Waals surface area contributed by atoms with E-state index >= 15 is 0 Å². The Labute approximate surface area is 192 Å². The van der Waals surface area contributed by atoms with Crippen LogP contribution in [0.25, 0.3) is 16.8 Å². The molecule has 33 heavy (non-hydrogen) atoms. The summed E-state index contributed by atoms with van der Waals surface area (Å²) >= 11 is 0. The summed E-state index contributed by atoms with van der Waals surface area (Å²) in [5, 5.41) is 7.44. The Kier molecular flexibility index (Phi) is 5.85. The van der Waals surface area contributed by atoms with Crippen molar-refractivity contribution >= 4 is 23.0 Å². The van der Waals surface area contributed by atoms with Crippen LogP contribution in [0.15, 0.2) is 73.2 Å². The van der Waals surface area contributed by atoms with Gasteiger partial charge in [0.1, 0.15) is 0 Å². The van der Waals surface area contributed by atoms with E-state index in [0.717, 1.165) is 54.0 Å². The zero-order valence-corrected chi connectivity index (χ0v) is 18.3. The SMILES string of the molecule is O=C(Cc1cccnc1)Nc1ccc(-c2cccc3c(C(=O)N4CCCCC4)cnn23)cc1. The number of rotatable bonds is 5. The molecule has 1 N–H and O–H groups in total. The average molecular weight is 440 g/mol. The van der Waals surface area contributed by atoms with Crippen molar-refractivity contribution in [2.45, 2.75) is 25.7 Å². The van der Waals surface area contributed by atoms with Gasteiger partial charge in [0.2, 0.25) is 5.91 Å². The number of piperidine rings is 1. The molecule has 0 spiro atoms. The number of nitrogens with zero attached hydrogens (tertiary/aromatic N) is 4. The summed E-state index contributed by atoms with van der Waals surface area (Å²) in [7, 11) is 0. The van der Waals surface area contributed by atoms with Crippen LogP contribution in [0.2, 0.25) is 0 Å². The summed E-state index contributed by atoms with van der Waals surface area (Å²) in [5.41, 5.74) is 4.87. The number of nitrogens with one attached hydrogen (secondary N) is 1. The van der Waals surface area contributed by atoms with E-state index in [9.17, 15) is 9.59 Å². The van der Waals surface area contributed by atoms with Crippen LogP contribution in [0, 0.1) is 0 Å². The van der Waals surface area contributed by atoms with Crippen molar-refractivity contribution in [1.29, 1.82) is 0 Å². The van der Waals surface area contributed by atoms with E-state index in [-0.39, 0.29) is 18.2 Å². The molecular formula is C26H25N5O2. The highest BCUT2D eigenvalue weighted by molar-refractivity contribution is 6.01. The van der Waals surface area contributed by atoms with Gasteiger partial charge in [-0.15, -0.1) is 0 Å². The van der Waals surface area contributed by atoms with Gasteiger partial charge >= 0.3 is 0 Å². The lowest BCUT2D eigenvalue weighted by atomic mass is 10.1.